The monoisotopic (exact) mass is 292 g/mol. The minimum Gasteiger partial charge on any atom is -0.493 e. The molecule has 5 heteroatoms. The van der Waals surface area contributed by atoms with Crippen LogP contribution in [0.2, 0.25) is 5.02 Å². The van der Waals surface area contributed by atoms with Crippen LogP contribution in [-0.2, 0) is 0 Å². The van der Waals surface area contributed by atoms with E-state index in [0.717, 1.165) is 11.1 Å². The average Bonchev–Trinajstić information content (AvgIpc) is 2.48. The Morgan fingerprint density at radius 1 is 1.05 bits per heavy atom. The van der Waals surface area contributed by atoms with Gasteiger partial charge >= 0.3 is 0 Å². The van der Waals surface area contributed by atoms with E-state index in [0.29, 0.717) is 28.0 Å². The summed E-state index contributed by atoms with van der Waals surface area (Å²) in [4.78, 5) is 0. The van der Waals surface area contributed by atoms with E-state index in [4.69, 9.17) is 31.5 Å². The second kappa shape index (κ2) is 5.92. The van der Waals surface area contributed by atoms with Crippen LogP contribution in [0.3, 0.4) is 0 Å². The highest BCUT2D eigenvalue weighted by Gasteiger charge is 2.15. The summed E-state index contributed by atoms with van der Waals surface area (Å²) in [5.74, 6) is 1.53. The van der Waals surface area contributed by atoms with E-state index in [1.165, 1.54) is 0 Å². The summed E-state index contributed by atoms with van der Waals surface area (Å²) >= 11 is 5.93. The molecule has 2 N–H and O–H groups in total. The lowest BCUT2D eigenvalue weighted by atomic mass is 10.0. The summed E-state index contributed by atoms with van der Waals surface area (Å²) in [5.41, 5.74) is 7.98. The van der Waals surface area contributed by atoms with E-state index >= 15 is 0 Å². The van der Waals surface area contributed by atoms with E-state index in [1.54, 1.807) is 33.5 Å². The van der Waals surface area contributed by atoms with Crippen molar-refractivity contribution in [3.8, 4) is 28.4 Å². The quantitative estimate of drug-likeness (QED) is 0.877. The summed E-state index contributed by atoms with van der Waals surface area (Å²) in [6.07, 6.45) is 0. The van der Waals surface area contributed by atoms with Crippen LogP contribution in [0.5, 0.6) is 17.2 Å². The molecule has 20 heavy (non-hydrogen) atoms. The zero-order chi connectivity index (χ0) is 14.7. The molecule has 1 radical (unpaired) electrons. The van der Waals surface area contributed by atoms with Crippen LogP contribution in [0, 0.1) is 6.07 Å². The van der Waals surface area contributed by atoms with E-state index in [-0.39, 0.29) is 0 Å². The third-order valence-corrected chi connectivity index (χ3v) is 3.23. The molecule has 2 rings (SSSR count). The van der Waals surface area contributed by atoms with Crippen molar-refractivity contribution in [3.05, 3.63) is 35.4 Å². The molecule has 0 saturated carbocycles. The molecular formula is C15H15ClNO3. The fourth-order valence-corrected chi connectivity index (χ4v) is 2.00. The molecule has 0 saturated heterocycles. The van der Waals surface area contributed by atoms with Gasteiger partial charge in [-0.15, -0.1) is 0 Å². The maximum Gasteiger partial charge on any atom is 0.203 e. The van der Waals surface area contributed by atoms with Gasteiger partial charge in [0.15, 0.2) is 11.5 Å². The van der Waals surface area contributed by atoms with Gasteiger partial charge in [0, 0.05) is 6.07 Å². The van der Waals surface area contributed by atoms with Gasteiger partial charge in [-0.2, -0.15) is 0 Å². The van der Waals surface area contributed by atoms with Gasteiger partial charge < -0.3 is 19.9 Å². The Balaban J connectivity index is 2.59. The van der Waals surface area contributed by atoms with Crippen molar-refractivity contribution in [1.82, 2.24) is 0 Å². The normalized spacial score (nSPS) is 10.2. The van der Waals surface area contributed by atoms with Gasteiger partial charge in [0.2, 0.25) is 5.75 Å². The number of hydrogen-bond acceptors (Lipinski definition) is 4. The van der Waals surface area contributed by atoms with E-state index < -0.39 is 0 Å². The number of hydrogen-bond donors (Lipinski definition) is 1. The number of benzene rings is 2. The largest absolute Gasteiger partial charge is 0.493 e. The lowest BCUT2D eigenvalue weighted by Crippen LogP contribution is -1.96. The third kappa shape index (κ3) is 2.60. The number of halogens is 1. The van der Waals surface area contributed by atoms with Crippen molar-refractivity contribution in [2.45, 2.75) is 0 Å². The highest BCUT2D eigenvalue weighted by molar-refractivity contribution is 6.33. The average molecular weight is 293 g/mol. The zero-order valence-electron chi connectivity index (χ0n) is 11.5. The van der Waals surface area contributed by atoms with Crippen molar-refractivity contribution in [1.29, 1.82) is 0 Å². The Hall–Kier alpha value is -2.07. The highest BCUT2D eigenvalue weighted by atomic mass is 35.5. The lowest BCUT2D eigenvalue weighted by molar-refractivity contribution is 0.324. The Morgan fingerprint density at radius 3 is 2.35 bits per heavy atom. The first kappa shape index (κ1) is 14.3. The predicted molar refractivity (Wildman–Crippen MR) is 79.8 cm³/mol. The molecule has 2 aromatic rings. The maximum absolute atomic E-state index is 5.93. The van der Waals surface area contributed by atoms with Gasteiger partial charge in [-0.05, 0) is 29.3 Å². The summed E-state index contributed by atoms with van der Waals surface area (Å²) in [6.45, 7) is 0. The SMILES string of the molecule is COc1[c]c(-c2ccc(Cl)c(N)c2)cc(OC)c1OC. The van der Waals surface area contributed by atoms with Crippen LogP contribution in [0.4, 0.5) is 5.69 Å². The van der Waals surface area contributed by atoms with E-state index in [2.05, 4.69) is 6.07 Å². The second-order valence-corrected chi connectivity index (χ2v) is 4.46. The van der Waals surface area contributed by atoms with Crippen molar-refractivity contribution in [2.24, 2.45) is 0 Å². The smallest absolute Gasteiger partial charge is 0.203 e. The third-order valence-electron chi connectivity index (χ3n) is 2.89. The van der Waals surface area contributed by atoms with Gasteiger partial charge in [0.25, 0.3) is 0 Å². The van der Waals surface area contributed by atoms with Crippen LogP contribution < -0.4 is 19.9 Å². The fourth-order valence-electron chi connectivity index (χ4n) is 1.88. The van der Waals surface area contributed by atoms with Crippen LogP contribution >= 0.6 is 11.6 Å². The molecule has 0 atom stereocenters. The molecule has 0 aliphatic rings. The molecular weight excluding hydrogens is 278 g/mol. The Kier molecular flexibility index (Phi) is 4.25. The predicted octanol–water partition coefficient (Wildman–Crippen LogP) is 3.42. The van der Waals surface area contributed by atoms with Gasteiger partial charge in [0.05, 0.1) is 32.0 Å². The molecule has 105 valence electrons. The number of rotatable bonds is 4. The highest BCUT2D eigenvalue weighted by Crippen LogP contribution is 2.41. The molecule has 0 aliphatic heterocycles. The van der Waals surface area contributed by atoms with Crippen molar-refractivity contribution in [2.75, 3.05) is 27.1 Å². The van der Waals surface area contributed by atoms with Crippen molar-refractivity contribution >= 4 is 17.3 Å². The standard InChI is InChI=1S/C15H15ClNO3/c1-18-13-7-10(8-14(19-2)15(13)20-3)9-4-5-11(16)12(17)6-9/h4-7H,17H2,1-3H3. The van der Waals surface area contributed by atoms with Gasteiger partial charge in [-0.1, -0.05) is 17.7 Å². The first-order chi connectivity index (χ1) is 9.60. The van der Waals surface area contributed by atoms with Crippen LogP contribution in [0.25, 0.3) is 11.1 Å². The Morgan fingerprint density at radius 2 is 1.80 bits per heavy atom. The van der Waals surface area contributed by atoms with Crippen LogP contribution in [0.15, 0.2) is 24.3 Å². The summed E-state index contributed by atoms with van der Waals surface area (Å²) in [6, 6.07) is 10.3. The lowest BCUT2D eigenvalue weighted by Gasteiger charge is -2.14. The molecule has 0 heterocycles. The summed E-state index contributed by atoms with van der Waals surface area (Å²) in [5, 5.41) is 0.515. The molecule has 0 spiro atoms. The number of anilines is 1. The topological polar surface area (TPSA) is 53.7 Å². The molecule has 0 aliphatic carbocycles. The minimum atomic E-state index is 0.468. The first-order valence-electron chi connectivity index (χ1n) is 5.88. The molecule has 0 fully saturated rings. The van der Waals surface area contributed by atoms with Gasteiger partial charge in [-0.3, -0.25) is 0 Å². The van der Waals surface area contributed by atoms with Crippen LogP contribution in [0.1, 0.15) is 0 Å². The molecule has 0 bridgehead atoms. The van der Waals surface area contributed by atoms with Gasteiger partial charge in [-0.25, -0.2) is 0 Å². The summed E-state index contributed by atoms with van der Waals surface area (Å²) in [7, 11) is 4.67. The minimum absolute atomic E-state index is 0.468. The Labute approximate surface area is 123 Å². The number of nitrogen functional groups attached to an aromatic ring is 1. The van der Waals surface area contributed by atoms with E-state index in [9.17, 15) is 0 Å². The zero-order valence-corrected chi connectivity index (χ0v) is 12.2. The van der Waals surface area contributed by atoms with E-state index in [1.807, 2.05) is 12.1 Å². The fraction of sp³-hybridized carbons (Fsp3) is 0.200. The molecule has 2 aromatic carbocycles. The molecule has 0 unspecified atom stereocenters. The second-order valence-electron chi connectivity index (χ2n) is 4.05. The summed E-state index contributed by atoms with van der Waals surface area (Å²) < 4.78 is 15.9. The first-order valence-corrected chi connectivity index (χ1v) is 6.26. The molecule has 0 amide bonds. The molecule has 0 aromatic heterocycles. The van der Waals surface area contributed by atoms with Crippen LogP contribution in [-0.4, -0.2) is 21.3 Å². The molecule has 4 nitrogen and oxygen atoms in total. The maximum atomic E-state index is 5.93. The van der Waals surface area contributed by atoms with Crippen molar-refractivity contribution < 1.29 is 14.2 Å². The van der Waals surface area contributed by atoms with Crippen molar-refractivity contribution in [3.63, 3.8) is 0 Å². The number of ether oxygens (including phenoxy) is 3. The number of methoxy groups -OCH3 is 3. The Bertz CT molecular complexity index is 604. The number of nitrogens with two attached hydrogens (primary N) is 1. The van der Waals surface area contributed by atoms with Gasteiger partial charge in [0.1, 0.15) is 0 Å².